The number of nitrogens with zero attached hydrogens (tertiary/aromatic N) is 3. The summed E-state index contributed by atoms with van der Waals surface area (Å²) in [6, 6.07) is 0. The molecular weight excluding hydrogens is 322 g/mol. The maximum absolute atomic E-state index is 11.9. The summed E-state index contributed by atoms with van der Waals surface area (Å²) in [5.74, 6) is 2.97. The van der Waals surface area contributed by atoms with E-state index in [0.717, 1.165) is 50.4 Å². The molecule has 1 aliphatic heterocycles. The largest absolute Gasteiger partial charge is 0.317 e. The Hall–Kier alpha value is -0.790. The van der Waals surface area contributed by atoms with E-state index in [1.165, 1.54) is 0 Å². The highest BCUT2D eigenvalue weighted by Gasteiger charge is 2.21. The van der Waals surface area contributed by atoms with Crippen molar-refractivity contribution in [2.24, 2.45) is 7.05 Å². The molecule has 22 heavy (non-hydrogen) atoms. The molecule has 0 atom stereocenters. The highest BCUT2D eigenvalue weighted by Crippen LogP contribution is 2.23. The summed E-state index contributed by atoms with van der Waals surface area (Å²) in [5, 5.41) is 10.7. The lowest BCUT2D eigenvalue weighted by molar-refractivity contribution is -0.116. The molecule has 1 saturated heterocycles. The predicted molar refractivity (Wildman–Crippen MR) is 94.0 cm³/mol. The number of thioether (sulfide) groups is 1. The predicted octanol–water partition coefficient (Wildman–Crippen LogP) is 2.18. The number of unbranched alkanes of at least 4 members (excludes halogenated alkanes) is 1. The smallest absolute Gasteiger partial charge is 0.227 e. The van der Waals surface area contributed by atoms with Crippen molar-refractivity contribution < 1.29 is 4.79 Å². The maximum atomic E-state index is 11.9. The number of aryl methyl sites for hydroxylation is 1. The van der Waals surface area contributed by atoms with Crippen molar-refractivity contribution in [3.63, 3.8) is 0 Å². The molecule has 0 unspecified atom stereocenters. The lowest BCUT2D eigenvalue weighted by Crippen LogP contribution is -2.27. The van der Waals surface area contributed by atoms with E-state index >= 15 is 0 Å². The first-order valence-electron chi connectivity index (χ1n) is 7.61. The minimum absolute atomic E-state index is 0. The van der Waals surface area contributed by atoms with Gasteiger partial charge in [0.25, 0.3) is 0 Å². The molecule has 1 amide bonds. The number of carbonyl (C=O) groups excluding carboxylic acids is 1. The number of aromatic nitrogens is 3. The van der Waals surface area contributed by atoms with Crippen LogP contribution in [0.1, 0.15) is 43.8 Å². The second-order valence-corrected chi connectivity index (χ2v) is 6.43. The van der Waals surface area contributed by atoms with Gasteiger partial charge in [0.05, 0.1) is 0 Å². The van der Waals surface area contributed by atoms with Gasteiger partial charge < -0.3 is 5.32 Å². The molecule has 0 radical (unpaired) electrons. The minimum Gasteiger partial charge on any atom is -0.317 e. The van der Waals surface area contributed by atoms with Gasteiger partial charge >= 0.3 is 0 Å². The molecule has 6 nitrogen and oxygen atoms in total. The number of piperidine rings is 1. The summed E-state index contributed by atoms with van der Waals surface area (Å²) in [6.45, 7) is 2.03. The van der Waals surface area contributed by atoms with Crippen molar-refractivity contribution in [2.75, 3.05) is 30.4 Å². The van der Waals surface area contributed by atoms with Gasteiger partial charge in [-0.05, 0) is 50.8 Å². The van der Waals surface area contributed by atoms with Gasteiger partial charge in [-0.2, -0.15) is 21.8 Å². The highest BCUT2D eigenvalue weighted by molar-refractivity contribution is 7.98. The fraction of sp³-hybridized carbons (Fsp3) is 0.786. The van der Waals surface area contributed by atoms with Crippen molar-refractivity contribution in [3.8, 4) is 0 Å². The molecule has 0 aliphatic carbocycles. The molecule has 0 bridgehead atoms. The summed E-state index contributed by atoms with van der Waals surface area (Å²) >= 11 is 1.82. The molecule has 1 aromatic rings. The Bertz CT molecular complexity index is 462. The molecule has 2 rings (SSSR count). The van der Waals surface area contributed by atoms with Crippen LogP contribution in [0.2, 0.25) is 0 Å². The number of rotatable bonds is 7. The quantitative estimate of drug-likeness (QED) is 0.740. The van der Waals surface area contributed by atoms with Crippen molar-refractivity contribution >= 4 is 36.0 Å². The van der Waals surface area contributed by atoms with E-state index in [2.05, 4.69) is 27.0 Å². The summed E-state index contributed by atoms with van der Waals surface area (Å²) < 4.78 is 1.68. The molecule has 2 heterocycles. The third-order valence-electron chi connectivity index (χ3n) is 3.74. The minimum atomic E-state index is 0. The van der Waals surface area contributed by atoms with Gasteiger partial charge in [0, 0.05) is 19.4 Å². The van der Waals surface area contributed by atoms with Gasteiger partial charge in [-0.3, -0.25) is 10.1 Å². The van der Waals surface area contributed by atoms with Crippen molar-refractivity contribution in [2.45, 2.75) is 38.0 Å². The Kier molecular flexibility index (Phi) is 8.82. The van der Waals surface area contributed by atoms with Crippen LogP contribution < -0.4 is 10.6 Å². The Balaban J connectivity index is 0.00000242. The fourth-order valence-electron chi connectivity index (χ4n) is 2.49. The van der Waals surface area contributed by atoms with Gasteiger partial charge in [0.1, 0.15) is 0 Å². The molecular formula is C14H26ClN5OS. The molecule has 1 aromatic heterocycles. The van der Waals surface area contributed by atoms with E-state index in [1.807, 2.05) is 18.8 Å². The van der Waals surface area contributed by atoms with E-state index in [1.54, 1.807) is 4.68 Å². The summed E-state index contributed by atoms with van der Waals surface area (Å²) in [5.41, 5.74) is 0. The van der Waals surface area contributed by atoms with Crippen LogP contribution in [0.5, 0.6) is 0 Å². The number of carbonyl (C=O) groups is 1. The van der Waals surface area contributed by atoms with Crippen LogP contribution >= 0.6 is 24.2 Å². The summed E-state index contributed by atoms with van der Waals surface area (Å²) in [7, 11) is 1.83. The zero-order valence-corrected chi connectivity index (χ0v) is 14.9. The SMILES string of the molecule is CSCCCCC(=O)Nc1nc(C2CCNCC2)nn1C.Cl. The molecule has 0 saturated carbocycles. The number of anilines is 1. The monoisotopic (exact) mass is 347 g/mol. The second kappa shape index (κ2) is 10.1. The van der Waals surface area contributed by atoms with Crippen molar-refractivity contribution in [3.05, 3.63) is 5.82 Å². The highest BCUT2D eigenvalue weighted by atomic mass is 35.5. The Labute approximate surface area is 142 Å². The molecule has 2 N–H and O–H groups in total. The fourth-order valence-corrected chi connectivity index (χ4v) is 2.98. The van der Waals surface area contributed by atoms with Crippen LogP contribution in [0.4, 0.5) is 5.95 Å². The first-order valence-corrected chi connectivity index (χ1v) is 9.00. The lowest BCUT2D eigenvalue weighted by Gasteiger charge is -2.19. The Morgan fingerprint density at radius 1 is 1.41 bits per heavy atom. The van der Waals surface area contributed by atoms with E-state index in [-0.39, 0.29) is 18.3 Å². The number of amides is 1. The number of nitrogens with one attached hydrogen (secondary N) is 2. The molecule has 1 fully saturated rings. The van der Waals surface area contributed by atoms with E-state index < -0.39 is 0 Å². The number of halogens is 1. The Morgan fingerprint density at radius 2 is 2.14 bits per heavy atom. The number of hydrogen-bond donors (Lipinski definition) is 2. The zero-order chi connectivity index (χ0) is 15.1. The maximum Gasteiger partial charge on any atom is 0.227 e. The molecule has 1 aliphatic rings. The van der Waals surface area contributed by atoms with Crippen LogP contribution in [0.3, 0.4) is 0 Å². The third kappa shape index (κ3) is 5.78. The van der Waals surface area contributed by atoms with Crippen LogP contribution in [-0.2, 0) is 11.8 Å². The van der Waals surface area contributed by atoms with Gasteiger partial charge in [-0.15, -0.1) is 12.4 Å². The van der Waals surface area contributed by atoms with Crippen molar-refractivity contribution in [1.29, 1.82) is 0 Å². The van der Waals surface area contributed by atoms with Gasteiger partial charge in [-0.25, -0.2) is 4.68 Å². The second-order valence-electron chi connectivity index (χ2n) is 5.44. The molecule has 8 heteroatoms. The average molecular weight is 348 g/mol. The molecule has 0 aromatic carbocycles. The third-order valence-corrected chi connectivity index (χ3v) is 4.43. The van der Waals surface area contributed by atoms with Crippen LogP contribution in [0.25, 0.3) is 0 Å². The Morgan fingerprint density at radius 3 is 2.82 bits per heavy atom. The molecule has 0 spiro atoms. The summed E-state index contributed by atoms with van der Waals surface area (Å²) in [4.78, 5) is 16.4. The van der Waals surface area contributed by atoms with Gasteiger partial charge in [0.15, 0.2) is 5.82 Å². The van der Waals surface area contributed by atoms with Crippen molar-refractivity contribution in [1.82, 2.24) is 20.1 Å². The van der Waals surface area contributed by atoms with Crippen LogP contribution in [-0.4, -0.2) is 45.8 Å². The normalized spacial score (nSPS) is 15.4. The van der Waals surface area contributed by atoms with Gasteiger partial charge in [0.2, 0.25) is 11.9 Å². The lowest BCUT2D eigenvalue weighted by atomic mass is 9.98. The van der Waals surface area contributed by atoms with Crippen LogP contribution in [0, 0.1) is 0 Å². The van der Waals surface area contributed by atoms with Gasteiger partial charge in [-0.1, -0.05) is 0 Å². The van der Waals surface area contributed by atoms with E-state index in [4.69, 9.17) is 0 Å². The first-order chi connectivity index (χ1) is 10.2. The standard InChI is InChI=1S/C14H25N5OS.ClH/c1-19-14(16-12(20)5-3-4-10-21-2)17-13(18-19)11-6-8-15-9-7-11;/h11,15H,3-10H2,1-2H3,(H,16,17,18,20);1H. The topological polar surface area (TPSA) is 71.8 Å². The zero-order valence-electron chi connectivity index (χ0n) is 13.3. The van der Waals surface area contributed by atoms with E-state index in [0.29, 0.717) is 18.3 Å². The molecule has 126 valence electrons. The van der Waals surface area contributed by atoms with E-state index in [9.17, 15) is 4.79 Å². The van der Waals surface area contributed by atoms with Crippen LogP contribution in [0.15, 0.2) is 0 Å². The first kappa shape index (κ1) is 19.3. The summed E-state index contributed by atoms with van der Waals surface area (Å²) in [6.07, 6.45) is 6.76. The average Bonchev–Trinajstić information content (AvgIpc) is 2.86. The number of hydrogen-bond acceptors (Lipinski definition) is 5.